The number of aryl methyl sites for hydroxylation is 1. The van der Waals surface area contributed by atoms with Gasteiger partial charge in [-0.25, -0.2) is 0 Å². The van der Waals surface area contributed by atoms with E-state index in [0.717, 1.165) is 18.7 Å². The van der Waals surface area contributed by atoms with Gasteiger partial charge in [0.2, 0.25) is 0 Å². The van der Waals surface area contributed by atoms with E-state index in [0.29, 0.717) is 0 Å². The number of thioether (sulfide) groups is 1. The summed E-state index contributed by atoms with van der Waals surface area (Å²) in [6.45, 7) is 3.15. The Hall–Kier alpha value is -0.770. The zero-order valence-electron chi connectivity index (χ0n) is 10.9. The van der Waals surface area contributed by atoms with Crippen LogP contribution in [0.3, 0.4) is 0 Å². The maximum atomic E-state index is 3.17. The van der Waals surface area contributed by atoms with Gasteiger partial charge in [0, 0.05) is 26.9 Å². The van der Waals surface area contributed by atoms with E-state index in [1.807, 2.05) is 30.1 Å². The largest absolute Gasteiger partial charge is 0.316 e. The zero-order valence-corrected chi connectivity index (χ0v) is 12.5. The van der Waals surface area contributed by atoms with Crippen LogP contribution in [0, 0.1) is 0 Å². The topological polar surface area (TPSA) is 12.0 Å². The molecule has 0 bridgehead atoms. The average Bonchev–Trinajstić information content (AvgIpc) is 2.86. The Morgan fingerprint density at radius 3 is 2.39 bits per heavy atom. The van der Waals surface area contributed by atoms with E-state index in [-0.39, 0.29) is 0 Å². The minimum absolute atomic E-state index is 0.940. The monoisotopic (exact) mass is 277 g/mol. The highest BCUT2D eigenvalue weighted by atomic mass is 32.2. The third-order valence-corrected chi connectivity index (χ3v) is 5.22. The second-order valence-corrected chi connectivity index (χ2v) is 6.49. The van der Waals surface area contributed by atoms with Gasteiger partial charge in [-0.2, -0.15) is 0 Å². The smallest absolute Gasteiger partial charge is 0.0326 e. The molecular formula is C15H19NS2. The van der Waals surface area contributed by atoms with Crippen LogP contribution in [0.15, 0.2) is 41.3 Å². The van der Waals surface area contributed by atoms with Crippen molar-refractivity contribution in [3.8, 4) is 0 Å². The molecule has 18 heavy (non-hydrogen) atoms. The number of rotatable bonds is 6. The molecule has 2 aromatic rings. The molecular weight excluding hydrogens is 258 g/mol. The van der Waals surface area contributed by atoms with Crippen molar-refractivity contribution in [1.82, 2.24) is 5.32 Å². The first-order valence-electron chi connectivity index (χ1n) is 6.25. The van der Waals surface area contributed by atoms with Gasteiger partial charge in [0.1, 0.15) is 0 Å². The molecule has 0 fully saturated rings. The van der Waals surface area contributed by atoms with Crippen LogP contribution in [0.25, 0.3) is 0 Å². The van der Waals surface area contributed by atoms with Crippen molar-refractivity contribution in [3.63, 3.8) is 0 Å². The SMILES string of the molecule is CCc1ccc(CSc2ccc(CNC)cc2)s1. The molecule has 0 aliphatic carbocycles. The van der Waals surface area contributed by atoms with E-state index in [2.05, 4.69) is 48.6 Å². The van der Waals surface area contributed by atoms with Crippen LogP contribution in [-0.2, 0) is 18.7 Å². The van der Waals surface area contributed by atoms with E-state index in [9.17, 15) is 0 Å². The van der Waals surface area contributed by atoms with Crippen molar-refractivity contribution in [2.45, 2.75) is 30.5 Å². The van der Waals surface area contributed by atoms with E-state index >= 15 is 0 Å². The summed E-state index contributed by atoms with van der Waals surface area (Å²) < 4.78 is 0. The summed E-state index contributed by atoms with van der Waals surface area (Å²) in [5, 5.41) is 3.17. The quantitative estimate of drug-likeness (QED) is 0.789. The lowest BCUT2D eigenvalue weighted by Gasteiger charge is -2.03. The fraction of sp³-hybridized carbons (Fsp3) is 0.333. The lowest BCUT2D eigenvalue weighted by Crippen LogP contribution is -2.04. The van der Waals surface area contributed by atoms with Gasteiger partial charge < -0.3 is 5.32 Å². The van der Waals surface area contributed by atoms with Crippen LogP contribution < -0.4 is 5.32 Å². The summed E-state index contributed by atoms with van der Waals surface area (Å²) in [5.41, 5.74) is 1.34. The third-order valence-electron chi connectivity index (χ3n) is 2.75. The molecule has 0 unspecified atom stereocenters. The summed E-state index contributed by atoms with van der Waals surface area (Å²) in [7, 11) is 1.98. The van der Waals surface area contributed by atoms with Crippen molar-refractivity contribution < 1.29 is 0 Å². The number of thiophene rings is 1. The molecule has 0 saturated heterocycles. The number of hydrogen-bond donors (Lipinski definition) is 1. The van der Waals surface area contributed by atoms with Crippen LogP contribution in [0.5, 0.6) is 0 Å². The minimum Gasteiger partial charge on any atom is -0.316 e. The maximum absolute atomic E-state index is 3.17. The molecule has 0 aliphatic rings. The predicted molar refractivity (Wildman–Crippen MR) is 82.5 cm³/mol. The first-order valence-corrected chi connectivity index (χ1v) is 8.06. The maximum Gasteiger partial charge on any atom is 0.0326 e. The number of benzene rings is 1. The Morgan fingerprint density at radius 2 is 1.78 bits per heavy atom. The van der Waals surface area contributed by atoms with Gasteiger partial charge in [-0.3, -0.25) is 0 Å². The Kier molecular flexibility index (Phi) is 5.29. The molecule has 0 spiro atoms. The summed E-state index contributed by atoms with van der Waals surface area (Å²) in [6.07, 6.45) is 1.15. The summed E-state index contributed by atoms with van der Waals surface area (Å²) in [6, 6.07) is 13.3. The molecule has 1 heterocycles. The first kappa shape index (κ1) is 13.7. The van der Waals surface area contributed by atoms with Crippen LogP contribution in [0.4, 0.5) is 0 Å². The van der Waals surface area contributed by atoms with Gasteiger partial charge in [0.05, 0.1) is 0 Å². The van der Waals surface area contributed by atoms with Crippen LogP contribution >= 0.6 is 23.1 Å². The molecule has 0 radical (unpaired) electrons. The highest BCUT2D eigenvalue weighted by Crippen LogP contribution is 2.27. The van der Waals surface area contributed by atoms with Gasteiger partial charge in [0.25, 0.3) is 0 Å². The van der Waals surface area contributed by atoms with Gasteiger partial charge >= 0.3 is 0 Å². The summed E-state index contributed by atoms with van der Waals surface area (Å²) >= 11 is 3.85. The number of nitrogens with one attached hydrogen (secondary N) is 1. The Morgan fingerprint density at radius 1 is 1.06 bits per heavy atom. The molecule has 1 N–H and O–H groups in total. The molecule has 0 atom stereocenters. The third kappa shape index (κ3) is 3.87. The van der Waals surface area contributed by atoms with Gasteiger partial charge in [-0.1, -0.05) is 19.1 Å². The van der Waals surface area contributed by atoms with E-state index in [1.165, 1.54) is 20.2 Å². The molecule has 1 aromatic heterocycles. The number of hydrogen-bond acceptors (Lipinski definition) is 3. The Labute approximate surface area is 118 Å². The molecule has 2 rings (SSSR count). The fourth-order valence-electron chi connectivity index (χ4n) is 1.75. The zero-order chi connectivity index (χ0) is 12.8. The predicted octanol–water partition coefficient (Wildman–Crippen LogP) is 4.32. The molecule has 96 valence electrons. The van der Waals surface area contributed by atoms with E-state index in [4.69, 9.17) is 0 Å². The second kappa shape index (κ2) is 6.98. The Bertz CT molecular complexity index is 473. The summed E-state index contributed by atoms with van der Waals surface area (Å²) in [4.78, 5) is 4.30. The molecule has 3 heteroatoms. The molecule has 0 saturated carbocycles. The van der Waals surface area contributed by atoms with Crippen molar-refractivity contribution in [3.05, 3.63) is 51.7 Å². The minimum atomic E-state index is 0.940. The molecule has 0 amide bonds. The lowest BCUT2D eigenvalue weighted by atomic mass is 10.2. The fourth-order valence-corrected chi connectivity index (χ4v) is 3.65. The van der Waals surface area contributed by atoms with Crippen LogP contribution in [0.1, 0.15) is 22.2 Å². The van der Waals surface area contributed by atoms with Gasteiger partial charge in [0.15, 0.2) is 0 Å². The second-order valence-electron chi connectivity index (χ2n) is 4.18. The van der Waals surface area contributed by atoms with Gasteiger partial charge in [-0.15, -0.1) is 23.1 Å². The van der Waals surface area contributed by atoms with Crippen molar-refractivity contribution in [1.29, 1.82) is 0 Å². The normalized spacial score (nSPS) is 10.8. The van der Waals surface area contributed by atoms with Crippen LogP contribution in [0.2, 0.25) is 0 Å². The molecule has 1 aromatic carbocycles. The highest BCUT2D eigenvalue weighted by molar-refractivity contribution is 7.98. The highest BCUT2D eigenvalue weighted by Gasteiger charge is 2.00. The average molecular weight is 277 g/mol. The summed E-state index contributed by atoms with van der Waals surface area (Å²) in [5.74, 6) is 1.08. The molecule has 1 nitrogen and oxygen atoms in total. The van der Waals surface area contributed by atoms with Crippen molar-refractivity contribution in [2.24, 2.45) is 0 Å². The standard InChI is InChI=1S/C15H19NS2/c1-3-13-8-9-15(18-13)11-17-14-6-4-12(5-7-14)10-16-2/h4-9,16H,3,10-11H2,1-2H3. The first-order chi connectivity index (χ1) is 8.81. The molecule has 0 aliphatic heterocycles. The lowest BCUT2D eigenvalue weighted by molar-refractivity contribution is 0.817. The van der Waals surface area contributed by atoms with E-state index < -0.39 is 0 Å². The van der Waals surface area contributed by atoms with Crippen molar-refractivity contribution >= 4 is 23.1 Å². The van der Waals surface area contributed by atoms with Crippen molar-refractivity contribution in [2.75, 3.05) is 7.05 Å². The Balaban J connectivity index is 1.89. The van der Waals surface area contributed by atoms with Crippen LogP contribution in [-0.4, -0.2) is 7.05 Å². The van der Waals surface area contributed by atoms with Gasteiger partial charge in [-0.05, 0) is 43.3 Å². The van der Waals surface area contributed by atoms with E-state index in [1.54, 1.807) is 0 Å².